The molecule has 1 aliphatic heterocycles. The monoisotopic (exact) mass is 177 g/mol. The summed E-state index contributed by atoms with van der Waals surface area (Å²) in [5.74, 6) is -0.0670. The minimum absolute atomic E-state index is 0.0742. The molecule has 0 saturated carbocycles. The molecule has 0 amide bonds. The summed E-state index contributed by atoms with van der Waals surface area (Å²) in [5.41, 5.74) is 1.46. The zero-order valence-corrected chi connectivity index (χ0v) is 7.65. The fraction of sp³-hybridized carbons (Fsp3) is 0.400. The van der Waals surface area contributed by atoms with Crippen molar-refractivity contribution in [1.82, 2.24) is 4.98 Å². The predicted molar refractivity (Wildman–Crippen MR) is 47.5 cm³/mol. The van der Waals surface area contributed by atoms with Crippen molar-refractivity contribution in [1.29, 1.82) is 0 Å². The summed E-state index contributed by atoms with van der Waals surface area (Å²) in [4.78, 5) is 15.6. The third kappa shape index (κ3) is 1.20. The molecule has 13 heavy (non-hydrogen) atoms. The van der Waals surface area contributed by atoms with Crippen molar-refractivity contribution in [3.63, 3.8) is 0 Å². The van der Waals surface area contributed by atoms with Gasteiger partial charge in [0.25, 0.3) is 0 Å². The Labute approximate surface area is 76.7 Å². The van der Waals surface area contributed by atoms with Crippen molar-refractivity contribution in [2.45, 2.75) is 25.9 Å². The number of ether oxygens (including phenoxy) is 1. The molecule has 2 atom stereocenters. The van der Waals surface area contributed by atoms with Crippen LogP contribution >= 0.6 is 0 Å². The molecular formula is C10H11NO2. The average Bonchev–Trinajstić information content (AvgIpc) is 2.15. The van der Waals surface area contributed by atoms with Crippen molar-refractivity contribution >= 4 is 5.97 Å². The maximum atomic E-state index is 11.4. The maximum absolute atomic E-state index is 11.4. The summed E-state index contributed by atoms with van der Waals surface area (Å²) in [6.07, 6.45) is 1.63. The second-order valence-electron chi connectivity index (χ2n) is 3.34. The van der Waals surface area contributed by atoms with Gasteiger partial charge in [-0.25, -0.2) is 4.79 Å². The number of hydrogen-bond acceptors (Lipinski definition) is 3. The molecule has 1 aromatic rings. The SMILES string of the molecule is C[C@@H]1OC(=O)c2cccnc2[C@H]1C. The number of aromatic nitrogens is 1. The van der Waals surface area contributed by atoms with Gasteiger partial charge in [0.2, 0.25) is 0 Å². The van der Waals surface area contributed by atoms with Crippen LogP contribution in [-0.4, -0.2) is 17.1 Å². The molecule has 68 valence electrons. The van der Waals surface area contributed by atoms with Crippen LogP contribution in [0.2, 0.25) is 0 Å². The van der Waals surface area contributed by atoms with Gasteiger partial charge >= 0.3 is 5.97 Å². The third-order valence-electron chi connectivity index (χ3n) is 2.49. The van der Waals surface area contributed by atoms with E-state index >= 15 is 0 Å². The van der Waals surface area contributed by atoms with Crippen LogP contribution in [0.5, 0.6) is 0 Å². The van der Waals surface area contributed by atoms with E-state index in [4.69, 9.17) is 4.74 Å². The fourth-order valence-electron chi connectivity index (χ4n) is 1.51. The molecule has 0 bridgehead atoms. The molecule has 2 rings (SSSR count). The Morgan fingerprint density at radius 1 is 1.46 bits per heavy atom. The van der Waals surface area contributed by atoms with Crippen molar-refractivity contribution in [2.75, 3.05) is 0 Å². The van der Waals surface area contributed by atoms with Crippen LogP contribution in [0.1, 0.15) is 35.8 Å². The summed E-state index contributed by atoms with van der Waals surface area (Å²) in [6, 6.07) is 3.51. The maximum Gasteiger partial charge on any atom is 0.340 e. The van der Waals surface area contributed by atoms with Gasteiger partial charge in [-0.1, -0.05) is 6.92 Å². The standard InChI is InChI=1S/C10H11NO2/c1-6-7(2)13-10(12)8-4-3-5-11-9(6)8/h3-7H,1-2H3/t6-,7-/m0/s1. The average molecular weight is 177 g/mol. The first kappa shape index (κ1) is 8.23. The van der Waals surface area contributed by atoms with Crippen LogP contribution in [0.25, 0.3) is 0 Å². The normalized spacial score (nSPS) is 26.5. The Hall–Kier alpha value is -1.38. The Morgan fingerprint density at radius 2 is 2.23 bits per heavy atom. The molecule has 0 saturated heterocycles. The molecule has 0 radical (unpaired) electrons. The van der Waals surface area contributed by atoms with Gasteiger partial charge in [0.15, 0.2) is 0 Å². The molecule has 3 heteroatoms. The van der Waals surface area contributed by atoms with E-state index < -0.39 is 0 Å². The zero-order valence-electron chi connectivity index (χ0n) is 7.65. The van der Waals surface area contributed by atoms with Crippen molar-refractivity contribution in [2.24, 2.45) is 0 Å². The van der Waals surface area contributed by atoms with E-state index in [-0.39, 0.29) is 18.0 Å². The van der Waals surface area contributed by atoms with Gasteiger partial charge in [-0.15, -0.1) is 0 Å². The minimum atomic E-state index is -0.256. The lowest BCUT2D eigenvalue weighted by atomic mass is 9.94. The highest BCUT2D eigenvalue weighted by molar-refractivity contribution is 5.91. The Kier molecular flexibility index (Phi) is 1.79. The van der Waals surface area contributed by atoms with E-state index in [1.165, 1.54) is 0 Å². The highest BCUT2D eigenvalue weighted by atomic mass is 16.5. The molecule has 0 aliphatic carbocycles. The first-order valence-electron chi connectivity index (χ1n) is 4.36. The van der Waals surface area contributed by atoms with E-state index in [0.29, 0.717) is 5.56 Å². The molecule has 1 aliphatic rings. The number of hydrogen-bond donors (Lipinski definition) is 0. The number of pyridine rings is 1. The molecule has 0 aromatic carbocycles. The minimum Gasteiger partial charge on any atom is -0.458 e. The summed E-state index contributed by atoms with van der Waals surface area (Å²) in [7, 11) is 0. The lowest BCUT2D eigenvalue weighted by Crippen LogP contribution is -2.29. The van der Waals surface area contributed by atoms with Crippen LogP contribution in [-0.2, 0) is 4.74 Å². The molecule has 2 heterocycles. The summed E-state index contributed by atoms with van der Waals surface area (Å²) >= 11 is 0. The second-order valence-corrected chi connectivity index (χ2v) is 3.34. The van der Waals surface area contributed by atoms with Crippen LogP contribution < -0.4 is 0 Å². The number of rotatable bonds is 0. The van der Waals surface area contributed by atoms with Gasteiger partial charge in [-0.2, -0.15) is 0 Å². The summed E-state index contributed by atoms with van der Waals surface area (Å²) in [5, 5.41) is 0. The number of nitrogens with zero attached hydrogens (tertiary/aromatic N) is 1. The Morgan fingerprint density at radius 3 is 3.00 bits per heavy atom. The van der Waals surface area contributed by atoms with Gasteiger partial charge < -0.3 is 4.74 Å². The van der Waals surface area contributed by atoms with Gasteiger partial charge in [-0.05, 0) is 19.1 Å². The largest absolute Gasteiger partial charge is 0.458 e. The van der Waals surface area contributed by atoms with Crippen LogP contribution in [0.4, 0.5) is 0 Å². The molecule has 0 spiro atoms. The van der Waals surface area contributed by atoms with Crippen LogP contribution in [0.3, 0.4) is 0 Å². The molecule has 1 aromatic heterocycles. The van der Waals surface area contributed by atoms with E-state index in [2.05, 4.69) is 4.98 Å². The first-order chi connectivity index (χ1) is 6.20. The molecule has 0 fully saturated rings. The number of fused-ring (bicyclic) bond motifs is 1. The Balaban J connectivity index is 2.53. The summed E-state index contributed by atoms with van der Waals surface area (Å²) in [6.45, 7) is 3.91. The van der Waals surface area contributed by atoms with Gasteiger partial charge in [0, 0.05) is 12.1 Å². The van der Waals surface area contributed by atoms with Crippen molar-refractivity contribution in [3.8, 4) is 0 Å². The predicted octanol–water partition coefficient (Wildman–Crippen LogP) is 1.74. The third-order valence-corrected chi connectivity index (χ3v) is 2.49. The molecule has 0 N–H and O–H groups in total. The smallest absolute Gasteiger partial charge is 0.340 e. The lowest BCUT2D eigenvalue weighted by molar-refractivity contribution is 0.0235. The topological polar surface area (TPSA) is 39.2 Å². The molecule has 3 nitrogen and oxygen atoms in total. The quantitative estimate of drug-likeness (QED) is 0.566. The van der Waals surface area contributed by atoms with E-state index in [1.54, 1.807) is 18.3 Å². The van der Waals surface area contributed by atoms with E-state index in [1.807, 2.05) is 13.8 Å². The zero-order chi connectivity index (χ0) is 9.42. The van der Waals surface area contributed by atoms with Crippen LogP contribution in [0.15, 0.2) is 18.3 Å². The van der Waals surface area contributed by atoms with E-state index in [0.717, 1.165) is 5.69 Å². The van der Waals surface area contributed by atoms with Gasteiger partial charge in [0.1, 0.15) is 6.10 Å². The number of carbonyl (C=O) groups is 1. The number of carbonyl (C=O) groups excluding carboxylic acids is 1. The summed E-state index contributed by atoms with van der Waals surface area (Å²) < 4.78 is 5.15. The lowest BCUT2D eigenvalue weighted by Gasteiger charge is -2.26. The second kappa shape index (κ2) is 2.83. The number of esters is 1. The fourth-order valence-corrected chi connectivity index (χ4v) is 1.51. The van der Waals surface area contributed by atoms with Crippen molar-refractivity contribution in [3.05, 3.63) is 29.6 Å². The van der Waals surface area contributed by atoms with Gasteiger partial charge in [-0.3, -0.25) is 4.98 Å². The molecule has 0 unspecified atom stereocenters. The molecular weight excluding hydrogens is 166 g/mol. The van der Waals surface area contributed by atoms with Crippen molar-refractivity contribution < 1.29 is 9.53 Å². The highest BCUT2D eigenvalue weighted by Crippen LogP contribution is 2.28. The Bertz CT molecular complexity index is 349. The van der Waals surface area contributed by atoms with Crippen LogP contribution in [0, 0.1) is 0 Å². The first-order valence-corrected chi connectivity index (χ1v) is 4.36. The van der Waals surface area contributed by atoms with E-state index in [9.17, 15) is 4.79 Å². The van der Waals surface area contributed by atoms with Gasteiger partial charge in [0.05, 0.1) is 11.3 Å². The number of cyclic esters (lactones) is 1. The highest BCUT2D eigenvalue weighted by Gasteiger charge is 2.30.